The fourth-order valence-corrected chi connectivity index (χ4v) is 5.94. The number of aromatic carboxylic acids is 1. The number of carboxylic acids is 1. The molecule has 0 spiro atoms. The van der Waals surface area contributed by atoms with Crippen LogP contribution in [-0.4, -0.2) is 41.3 Å². The average Bonchev–Trinajstić information content (AvgIpc) is 3.06. The number of ether oxygens (including phenoxy) is 1. The van der Waals surface area contributed by atoms with Gasteiger partial charge in [-0.1, -0.05) is 0 Å². The molecule has 0 amide bonds. The monoisotopic (exact) mass is 477 g/mol. The van der Waals surface area contributed by atoms with Crippen molar-refractivity contribution in [2.45, 2.75) is 76.4 Å². The zero-order valence-corrected chi connectivity index (χ0v) is 20.3. The first-order valence-corrected chi connectivity index (χ1v) is 12.8. The first-order valence-electron chi connectivity index (χ1n) is 11.1. The van der Waals surface area contributed by atoms with Gasteiger partial charge in [0.1, 0.15) is 11.4 Å². The minimum atomic E-state index is -3.44. The maximum absolute atomic E-state index is 13.1. The predicted molar refractivity (Wildman–Crippen MR) is 122 cm³/mol. The van der Waals surface area contributed by atoms with Crippen molar-refractivity contribution in [2.24, 2.45) is 5.92 Å². The van der Waals surface area contributed by atoms with Crippen molar-refractivity contribution < 1.29 is 32.3 Å². The Morgan fingerprint density at radius 3 is 2.27 bits per heavy atom. The molecule has 0 radical (unpaired) electrons. The summed E-state index contributed by atoms with van der Waals surface area (Å²) in [6.07, 6.45) is 2.67. The van der Waals surface area contributed by atoms with E-state index in [1.165, 1.54) is 12.1 Å². The first kappa shape index (κ1) is 25.0. The summed E-state index contributed by atoms with van der Waals surface area (Å²) in [5.41, 5.74) is 0.564. The highest BCUT2D eigenvalue weighted by Crippen LogP contribution is 2.33. The van der Waals surface area contributed by atoms with Crippen LogP contribution in [0.25, 0.3) is 11.5 Å². The topological polar surface area (TPSA) is 124 Å². The molecule has 3 rings (SSSR count). The molecule has 1 fully saturated rings. The summed E-state index contributed by atoms with van der Waals surface area (Å²) in [5, 5.41) is 8.55. The number of esters is 1. The average molecular weight is 478 g/mol. The van der Waals surface area contributed by atoms with E-state index in [9.17, 15) is 18.0 Å². The van der Waals surface area contributed by atoms with E-state index in [2.05, 4.69) is 4.98 Å². The van der Waals surface area contributed by atoms with E-state index in [0.29, 0.717) is 49.1 Å². The lowest BCUT2D eigenvalue weighted by molar-refractivity contribution is -0.156. The van der Waals surface area contributed by atoms with Crippen LogP contribution in [0.15, 0.2) is 28.7 Å². The lowest BCUT2D eigenvalue weighted by Crippen LogP contribution is -2.30. The van der Waals surface area contributed by atoms with Gasteiger partial charge in [0.2, 0.25) is 5.89 Å². The minimum absolute atomic E-state index is 0.139. The molecule has 180 valence electrons. The van der Waals surface area contributed by atoms with Crippen molar-refractivity contribution in [2.75, 3.05) is 0 Å². The van der Waals surface area contributed by atoms with Gasteiger partial charge in [-0.3, -0.25) is 4.79 Å². The molecule has 0 saturated heterocycles. The van der Waals surface area contributed by atoms with Crippen molar-refractivity contribution >= 4 is 21.8 Å². The van der Waals surface area contributed by atoms with Crippen LogP contribution in [0.2, 0.25) is 0 Å². The molecule has 0 aliphatic heterocycles. The molecule has 33 heavy (non-hydrogen) atoms. The van der Waals surface area contributed by atoms with Crippen molar-refractivity contribution in [3.8, 4) is 11.5 Å². The standard InChI is InChI=1S/C24H31NO7S/c1-15-20(25-22(31-15)17-7-9-18(10-8-17)23(27)28)14-33(29,30)19-11-5-16(6-12-19)13-21(26)32-24(2,3)4/h7-10,16,19H,5-6,11-14H2,1-4H3,(H,27,28). The highest BCUT2D eigenvalue weighted by molar-refractivity contribution is 7.91. The Hall–Kier alpha value is -2.68. The van der Waals surface area contributed by atoms with Crippen LogP contribution in [0.4, 0.5) is 0 Å². The summed E-state index contributed by atoms with van der Waals surface area (Å²) in [5.74, 6) is -0.656. The van der Waals surface area contributed by atoms with Gasteiger partial charge in [-0.05, 0) is 83.6 Å². The fourth-order valence-electron chi connectivity index (χ4n) is 4.06. The van der Waals surface area contributed by atoms with Crippen LogP contribution in [-0.2, 0) is 25.1 Å². The van der Waals surface area contributed by atoms with Gasteiger partial charge in [0.15, 0.2) is 9.84 Å². The zero-order chi connectivity index (χ0) is 24.4. The van der Waals surface area contributed by atoms with Crippen LogP contribution >= 0.6 is 0 Å². The molecule has 1 heterocycles. The molecule has 0 unspecified atom stereocenters. The van der Waals surface area contributed by atoms with Crippen LogP contribution in [0, 0.1) is 12.8 Å². The number of carboxylic acid groups (broad SMARTS) is 1. The molecular weight excluding hydrogens is 446 g/mol. The summed E-state index contributed by atoms with van der Waals surface area (Å²) >= 11 is 0. The first-order chi connectivity index (χ1) is 15.3. The third kappa shape index (κ3) is 6.66. The lowest BCUT2D eigenvalue weighted by Gasteiger charge is -2.28. The molecule has 0 atom stereocenters. The summed E-state index contributed by atoms with van der Waals surface area (Å²) in [6.45, 7) is 7.16. The van der Waals surface area contributed by atoms with E-state index in [1.54, 1.807) is 19.1 Å². The minimum Gasteiger partial charge on any atom is -0.478 e. The van der Waals surface area contributed by atoms with Gasteiger partial charge >= 0.3 is 11.9 Å². The highest BCUT2D eigenvalue weighted by atomic mass is 32.2. The maximum Gasteiger partial charge on any atom is 0.335 e. The number of benzene rings is 1. The molecular formula is C24H31NO7S. The van der Waals surface area contributed by atoms with Crippen molar-refractivity contribution in [3.63, 3.8) is 0 Å². The molecule has 1 aliphatic carbocycles. The second kappa shape index (κ2) is 9.67. The Morgan fingerprint density at radius 1 is 1.12 bits per heavy atom. The number of oxazole rings is 1. The molecule has 1 N–H and O–H groups in total. The Bertz CT molecular complexity index is 1100. The van der Waals surface area contributed by atoms with Gasteiger partial charge < -0.3 is 14.3 Å². The molecule has 1 aromatic heterocycles. The Labute approximate surface area is 194 Å². The number of sulfone groups is 1. The second-order valence-electron chi connectivity index (χ2n) is 9.64. The lowest BCUT2D eigenvalue weighted by atomic mass is 9.86. The molecule has 8 nitrogen and oxygen atoms in total. The Morgan fingerprint density at radius 2 is 1.73 bits per heavy atom. The number of hydrogen-bond acceptors (Lipinski definition) is 7. The third-order valence-electron chi connectivity index (χ3n) is 5.79. The summed E-state index contributed by atoms with van der Waals surface area (Å²) in [6, 6.07) is 6.06. The highest BCUT2D eigenvalue weighted by Gasteiger charge is 2.33. The number of aryl methyl sites for hydroxylation is 1. The normalized spacial score (nSPS) is 19.3. The van der Waals surface area contributed by atoms with Gasteiger partial charge in [0.25, 0.3) is 0 Å². The number of aromatic nitrogens is 1. The van der Waals surface area contributed by atoms with E-state index in [-0.39, 0.29) is 29.1 Å². The number of hydrogen-bond donors (Lipinski definition) is 1. The molecule has 0 bridgehead atoms. The van der Waals surface area contributed by atoms with Crippen molar-refractivity contribution in [1.82, 2.24) is 4.98 Å². The molecule has 1 aromatic carbocycles. The number of rotatable bonds is 7. The summed E-state index contributed by atoms with van der Waals surface area (Å²) in [7, 11) is -3.44. The Kier molecular flexibility index (Phi) is 7.31. The van der Waals surface area contributed by atoms with Crippen LogP contribution in [0.1, 0.15) is 74.7 Å². The van der Waals surface area contributed by atoms with Crippen LogP contribution in [0.5, 0.6) is 0 Å². The molecule has 9 heteroatoms. The number of carbonyl (C=O) groups excluding carboxylic acids is 1. The molecule has 1 aliphatic rings. The van der Waals surface area contributed by atoms with Gasteiger partial charge in [0, 0.05) is 12.0 Å². The largest absolute Gasteiger partial charge is 0.478 e. The zero-order valence-electron chi connectivity index (χ0n) is 19.5. The number of nitrogens with zero attached hydrogens (tertiary/aromatic N) is 1. The van der Waals surface area contributed by atoms with Gasteiger partial charge in [-0.15, -0.1) is 0 Å². The van der Waals surface area contributed by atoms with E-state index in [1.807, 2.05) is 20.8 Å². The van der Waals surface area contributed by atoms with Gasteiger partial charge in [-0.25, -0.2) is 18.2 Å². The fraction of sp³-hybridized carbons (Fsp3) is 0.542. The van der Waals surface area contributed by atoms with Crippen LogP contribution in [0.3, 0.4) is 0 Å². The third-order valence-corrected chi connectivity index (χ3v) is 7.95. The smallest absolute Gasteiger partial charge is 0.335 e. The van der Waals surface area contributed by atoms with Crippen molar-refractivity contribution in [3.05, 3.63) is 41.3 Å². The Balaban J connectivity index is 1.61. The molecule has 2 aromatic rings. The number of carbonyl (C=O) groups is 2. The van der Waals surface area contributed by atoms with E-state index >= 15 is 0 Å². The molecule has 1 saturated carbocycles. The van der Waals surface area contributed by atoms with E-state index < -0.39 is 26.7 Å². The second-order valence-corrected chi connectivity index (χ2v) is 11.9. The van der Waals surface area contributed by atoms with E-state index in [4.69, 9.17) is 14.3 Å². The summed E-state index contributed by atoms with van der Waals surface area (Å²) < 4.78 is 37.1. The van der Waals surface area contributed by atoms with Crippen LogP contribution < -0.4 is 0 Å². The van der Waals surface area contributed by atoms with Gasteiger partial charge in [0.05, 0.1) is 22.3 Å². The summed E-state index contributed by atoms with van der Waals surface area (Å²) in [4.78, 5) is 27.4. The quantitative estimate of drug-likeness (QED) is 0.576. The maximum atomic E-state index is 13.1. The predicted octanol–water partition coefficient (Wildman–Crippen LogP) is 4.55. The van der Waals surface area contributed by atoms with Gasteiger partial charge in [-0.2, -0.15) is 0 Å². The van der Waals surface area contributed by atoms with E-state index in [0.717, 1.165) is 0 Å². The SMILES string of the molecule is Cc1oc(-c2ccc(C(=O)O)cc2)nc1CS(=O)(=O)C1CCC(CC(=O)OC(C)(C)C)CC1. The van der Waals surface area contributed by atoms with Crippen molar-refractivity contribution in [1.29, 1.82) is 0 Å².